The highest BCUT2D eigenvalue weighted by Crippen LogP contribution is 2.39. The van der Waals surface area contributed by atoms with E-state index in [0.717, 1.165) is 36.9 Å². The van der Waals surface area contributed by atoms with Gasteiger partial charge in [0.25, 0.3) is 5.91 Å². The van der Waals surface area contributed by atoms with Crippen LogP contribution in [0.25, 0.3) is 0 Å². The number of fused-ring (bicyclic) bond motifs is 1. The minimum atomic E-state index is -0.358. The number of nitrogens with one attached hydrogen (secondary N) is 2. The summed E-state index contributed by atoms with van der Waals surface area (Å²) >= 11 is 1.50. The lowest BCUT2D eigenvalue weighted by molar-refractivity contribution is 0.0526. The van der Waals surface area contributed by atoms with E-state index in [2.05, 4.69) is 10.6 Å². The molecule has 0 fully saturated rings. The van der Waals surface area contributed by atoms with Crippen molar-refractivity contribution in [2.45, 2.75) is 32.6 Å². The molecule has 0 bridgehead atoms. The molecule has 1 heterocycles. The van der Waals surface area contributed by atoms with Gasteiger partial charge in [-0.15, -0.1) is 11.3 Å². The van der Waals surface area contributed by atoms with Gasteiger partial charge in [0.05, 0.1) is 23.4 Å². The summed E-state index contributed by atoms with van der Waals surface area (Å²) in [6.07, 6.45) is 3.94. The van der Waals surface area contributed by atoms with Crippen LogP contribution in [0.4, 0.5) is 16.4 Å². The van der Waals surface area contributed by atoms with Gasteiger partial charge in [-0.2, -0.15) is 0 Å². The Bertz CT molecular complexity index is 1060. The predicted octanol–water partition coefficient (Wildman–Crippen LogP) is 5.80. The monoisotopic (exact) mass is 420 g/mol. The third kappa shape index (κ3) is 4.24. The molecule has 1 aliphatic rings. The Hall–Kier alpha value is -3.12. The van der Waals surface area contributed by atoms with E-state index in [1.54, 1.807) is 13.0 Å². The fourth-order valence-corrected chi connectivity index (χ4v) is 4.98. The van der Waals surface area contributed by atoms with E-state index >= 15 is 0 Å². The molecule has 2 N–H and O–H groups in total. The van der Waals surface area contributed by atoms with E-state index in [-0.39, 0.29) is 11.9 Å². The molecule has 0 saturated heterocycles. The fourth-order valence-electron chi connectivity index (χ4n) is 3.71. The molecule has 6 heteroatoms. The second-order valence-corrected chi connectivity index (χ2v) is 8.23. The minimum absolute atomic E-state index is 0.252. The molecule has 1 aromatic heterocycles. The molecule has 0 unspecified atom stereocenters. The van der Waals surface area contributed by atoms with Crippen molar-refractivity contribution in [2.24, 2.45) is 0 Å². The van der Waals surface area contributed by atoms with Gasteiger partial charge in [0.1, 0.15) is 5.00 Å². The molecule has 0 radical (unpaired) electrons. The lowest BCUT2D eigenvalue weighted by Crippen LogP contribution is -2.16. The normalized spacial score (nSPS) is 12.7. The molecule has 154 valence electrons. The maximum absolute atomic E-state index is 13.2. The lowest BCUT2D eigenvalue weighted by atomic mass is 9.95. The van der Waals surface area contributed by atoms with Gasteiger partial charge in [0.15, 0.2) is 0 Å². The van der Waals surface area contributed by atoms with Crippen LogP contribution in [0.1, 0.15) is 50.9 Å². The number of anilines is 3. The van der Waals surface area contributed by atoms with Crippen molar-refractivity contribution >= 4 is 39.6 Å². The van der Waals surface area contributed by atoms with Gasteiger partial charge in [0.2, 0.25) is 0 Å². The molecule has 3 aromatic rings. The van der Waals surface area contributed by atoms with E-state index in [4.69, 9.17) is 4.74 Å². The number of aryl methyl sites for hydroxylation is 1. The number of hydrogen-bond donors (Lipinski definition) is 2. The smallest absolute Gasteiger partial charge is 0.341 e. The van der Waals surface area contributed by atoms with Crippen molar-refractivity contribution < 1.29 is 14.3 Å². The van der Waals surface area contributed by atoms with Gasteiger partial charge in [-0.3, -0.25) is 4.79 Å². The van der Waals surface area contributed by atoms with Crippen LogP contribution in [0.5, 0.6) is 0 Å². The molecule has 0 saturated carbocycles. The molecule has 0 atom stereocenters. The number of amides is 1. The number of carbonyl (C=O) groups is 2. The standard InChI is InChI=1S/C24H24N2O3S/c1-2-29-24(28)21-18-13-7-9-15-20(18)30-23(21)26-22(27)17-12-6-8-14-19(17)25-16-10-4-3-5-11-16/h3-6,8,10-12,14,25H,2,7,9,13,15H2,1H3,(H,26,27). The highest BCUT2D eigenvalue weighted by Gasteiger charge is 2.27. The van der Waals surface area contributed by atoms with Crippen LogP contribution in [-0.4, -0.2) is 18.5 Å². The molecule has 1 aliphatic carbocycles. The Morgan fingerprint density at radius 1 is 1.00 bits per heavy atom. The molecular weight excluding hydrogens is 396 g/mol. The molecule has 4 rings (SSSR count). The van der Waals surface area contributed by atoms with Crippen LogP contribution in [0.3, 0.4) is 0 Å². The van der Waals surface area contributed by atoms with Crippen molar-refractivity contribution in [3.05, 3.63) is 76.2 Å². The van der Waals surface area contributed by atoms with E-state index in [1.165, 1.54) is 16.2 Å². The van der Waals surface area contributed by atoms with Crippen LogP contribution in [0.2, 0.25) is 0 Å². The average Bonchev–Trinajstić information content (AvgIpc) is 3.13. The quantitative estimate of drug-likeness (QED) is 0.495. The van der Waals surface area contributed by atoms with Gasteiger partial charge in [0, 0.05) is 10.6 Å². The Balaban J connectivity index is 1.63. The maximum atomic E-state index is 13.2. The number of rotatable bonds is 6. The van der Waals surface area contributed by atoms with Crippen molar-refractivity contribution in [2.75, 3.05) is 17.2 Å². The third-order valence-electron chi connectivity index (χ3n) is 5.10. The Kier molecular flexibility index (Phi) is 6.14. The topological polar surface area (TPSA) is 67.4 Å². The van der Waals surface area contributed by atoms with E-state index in [9.17, 15) is 9.59 Å². The Labute approximate surface area is 180 Å². The van der Waals surface area contributed by atoms with Crippen LogP contribution < -0.4 is 10.6 Å². The average molecular weight is 421 g/mol. The van der Waals surface area contributed by atoms with Crippen molar-refractivity contribution in [3.63, 3.8) is 0 Å². The van der Waals surface area contributed by atoms with Crippen molar-refractivity contribution in [1.82, 2.24) is 0 Å². The molecular formula is C24H24N2O3S. The zero-order valence-electron chi connectivity index (χ0n) is 16.9. The van der Waals surface area contributed by atoms with E-state index in [1.807, 2.05) is 48.5 Å². The predicted molar refractivity (Wildman–Crippen MR) is 121 cm³/mol. The first-order chi connectivity index (χ1) is 14.7. The first kappa shape index (κ1) is 20.2. The molecule has 1 amide bonds. The number of esters is 1. The summed E-state index contributed by atoms with van der Waals surface area (Å²) in [5.74, 6) is -0.610. The van der Waals surface area contributed by atoms with E-state index in [0.29, 0.717) is 28.4 Å². The Morgan fingerprint density at radius 2 is 1.73 bits per heavy atom. The minimum Gasteiger partial charge on any atom is -0.462 e. The number of thiophene rings is 1. The number of benzene rings is 2. The SMILES string of the molecule is CCOC(=O)c1c(NC(=O)c2ccccc2Nc2ccccc2)sc2c1CCCC2. The van der Waals surface area contributed by atoms with Crippen LogP contribution in [0.15, 0.2) is 54.6 Å². The first-order valence-electron chi connectivity index (χ1n) is 10.2. The zero-order chi connectivity index (χ0) is 20.9. The summed E-state index contributed by atoms with van der Waals surface area (Å²) in [5.41, 5.74) is 3.69. The lowest BCUT2D eigenvalue weighted by Gasteiger charge is -2.13. The van der Waals surface area contributed by atoms with Gasteiger partial charge in [-0.25, -0.2) is 4.79 Å². The zero-order valence-corrected chi connectivity index (χ0v) is 17.7. The number of para-hydroxylation sites is 2. The fraction of sp³-hybridized carbons (Fsp3) is 0.250. The summed E-state index contributed by atoms with van der Waals surface area (Å²) < 4.78 is 5.29. The first-order valence-corrected chi connectivity index (χ1v) is 11.0. The number of ether oxygens (including phenoxy) is 1. The molecule has 30 heavy (non-hydrogen) atoms. The van der Waals surface area contributed by atoms with Crippen LogP contribution >= 0.6 is 11.3 Å². The van der Waals surface area contributed by atoms with Crippen LogP contribution in [0, 0.1) is 0 Å². The van der Waals surface area contributed by atoms with Gasteiger partial charge in [-0.05, 0) is 62.4 Å². The second-order valence-electron chi connectivity index (χ2n) is 7.13. The summed E-state index contributed by atoms with van der Waals surface area (Å²) in [7, 11) is 0. The van der Waals surface area contributed by atoms with E-state index < -0.39 is 0 Å². The van der Waals surface area contributed by atoms with Crippen molar-refractivity contribution in [1.29, 1.82) is 0 Å². The van der Waals surface area contributed by atoms with Crippen LogP contribution in [-0.2, 0) is 17.6 Å². The number of hydrogen-bond acceptors (Lipinski definition) is 5. The largest absolute Gasteiger partial charge is 0.462 e. The summed E-state index contributed by atoms with van der Waals surface area (Å²) in [5, 5.41) is 6.87. The molecule has 5 nitrogen and oxygen atoms in total. The van der Waals surface area contributed by atoms with Gasteiger partial charge < -0.3 is 15.4 Å². The summed E-state index contributed by atoms with van der Waals surface area (Å²) in [4.78, 5) is 27.0. The second kappa shape index (κ2) is 9.13. The molecule has 2 aromatic carbocycles. The highest BCUT2D eigenvalue weighted by atomic mass is 32.1. The van der Waals surface area contributed by atoms with Gasteiger partial charge >= 0.3 is 5.97 Å². The highest BCUT2D eigenvalue weighted by molar-refractivity contribution is 7.17. The Morgan fingerprint density at radius 3 is 2.53 bits per heavy atom. The molecule has 0 aliphatic heterocycles. The summed E-state index contributed by atoms with van der Waals surface area (Å²) in [6, 6.07) is 17.1. The maximum Gasteiger partial charge on any atom is 0.341 e. The van der Waals surface area contributed by atoms with Gasteiger partial charge in [-0.1, -0.05) is 30.3 Å². The number of carbonyl (C=O) groups excluding carboxylic acids is 2. The third-order valence-corrected chi connectivity index (χ3v) is 6.31. The van der Waals surface area contributed by atoms with Crippen molar-refractivity contribution in [3.8, 4) is 0 Å². The summed E-state index contributed by atoms with van der Waals surface area (Å²) in [6.45, 7) is 2.10. The molecule has 0 spiro atoms.